The van der Waals surface area contributed by atoms with Crippen molar-refractivity contribution in [2.24, 2.45) is 0 Å². The van der Waals surface area contributed by atoms with Gasteiger partial charge in [0.15, 0.2) is 0 Å². The van der Waals surface area contributed by atoms with E-state index < -0.39 is 0 Å². The molecule has 0 aliphatic carbocycles. The molecule has 0 spiro atoms. The van der Waals surface area contributed by atoms with E-state index in [4.69, 9.17) is 9.90 Å². The molecule has 2 N–H and O–H groups in total. The third kappa shape index (κ3) is 2.60. The normalized spacial score (nSPS) is 9.00. The van der Waals surface area contributed by atoms with E-state index in [-0.39, 0.29) is 11.5 Å². The Hall–Kier alpha value is -2.29. The van der Waals surface area contributed by atoms with Gasteiger partial charge in [-0.15, -0.1) is 0 Å². The fourth-order valence-corrected chi connectivity index (χ4v) is 1.38. The van der Waals surface area contributed by atoms with Gasteiger partial charge in [0.1, 0.15) is 18.3 Å². The van der Waals surface area contributed by atoms with Crippen LogP contribution in [0.5, 0.6) is 11.5 Å². The standard InChI is InChI=1S/C12H10O2.CH2O/c13-10-6-7-11(12(14)8-10)9-4-2-1-3-5-9;1-2/h1-8,13-14H;1H2. The number of carbonyl (C=O) groups is 1. The average Bonchev–Trinajstić information content (AvgIpc) is 2.33. The van der Waals surface area contributed by atoms with E-state index in [9.17, 15) is 5.11 Å². The molecule has 0 unspecified atom stereocenters. The maximum atomic E-state index is 9.58. The maximum Gasteiger partial charge on any atom is 0.127 e. The summed E-state index contributed by atoms with van der Waals surface area (Å²) in [7, 11) is 0. The Balaban J connectivity index is 0.000000606. The molecule has 0 aromatic heterocycles. The molecule has 0 amide bonds. The molecule has 2 aromatic carbocycles. The van der Waals surface area contributed by atoms with E-state index in [1.54, 1.807) is 12.1 Å². The van der Waals surface area contributed by atoms with Crippen LogP contribution in [-0.2, 0) is 4.79 Å². The molecule has 0 aliphatic rings. The molecular weight excluding hydrogens is 204 g/mol. The number of phenolic OH excluding ortho intramolecular Hbond substituents is 2. The lowest BCUT2D eigenvalue weighted by Gasteiger charge is -2.04. The Morgan fingerprint density at radius 1 is 0.875 bits per heavy atom. The van der Waals surface area contributed by atoms with E-state index in [0.29, 0.717) is 0 Å². The highest BCUT2D eigenvalue weighted by Gasteiger charge is 2.03. The second-order valence-electron chi connectivity index (χ2n) is 3.07. The summed E-state index contributed by atoms with van der Waals surface area (Å²) in [5.41, 5.74) is 1.66. The molecule has 0 heterocycles. The van der Waals surface area contributed by atoms with Crippen molar-refractivity contribution in [3.63, 3.8) is 0 Å². The van der Waals surface area contributed by atoms with Crippen LogP contribution in [0.1, 0.15) is 0 Å². The van der Waals surface area contributed by atoms with E-state index in [1.807, 2.05) is 37.1 Å². The first-order valence-electron chi connectivity index (χ1n) is 4.63. The molecule has 0 saturated heterocycles. The topological polar surface area (TPSA) is 57.5 Å². The number of rotatable bonds is 1. The second kappa shape index (κ2) is 5.56. The zero-order valence-electron chi connectivity index (χ0n) is 8.63. The van der Waals surface area contributed by atoms with Gasteiger partial charge in [0, 0.05) is 11.6 Å². The van der Waals surface area contributed by atoms with Crippen molar-refractivity contribution in [2.75, 3.05) is 0 Å². The first-order chi connectivity index (χ1) is 7.77. The van der Waals surface area contributed by atoms with Gasteiger partial charge in [-0.05, 0) is 17.7 Å². The molecule has 3 heteroatoms. The minimum Gasteiger partial charge on any atom is -0.508 e. The summed E-state index contributed by atoms with van der Waals surface area (Å²) in [6.07, 6.45) is 0. The predicted octanol–water partition coefficient (Wildman–Crippen LogP) is 2.58. The van der Waals surface area contributed by atoms with Gasteiger partial charge in [0.2, 0.25) is 0 Å². The van der Waals surface area contributed by atoms with Crippen LogP contribution in [0, 0.1) is 0 Å². The third-order valence-electron chi connectivity index (χ3n) is 2.07. The van der Waals surface area contributed by atoms with Crippen molar-refractivity contribution >= 4 is 6.79 Å². The van der Waals surface area contributed by atoms with Gasteiger partial charge in [0.25, 0.3) is 0 Å². The lowest BCUT2D eigenvalue weighted by Crippen LogP contribution is -1.77. The lowest BCUT2D eigenvalue weighted by atomic mass is 10.0. The molecule has 82 valence electrons. The van der Waals surface area contributed by atoms with E-state index in [2.05, 4.69) is 0 Å². The predicted molar refractivity (Wildman–Crippen MR) is 62.3 cm³/mol. The van der Waals surface area contributed by atoms with E-state index in [0.717, 1.165) is 11.1 Å². The summed E-state index contributed by atoms with van der Waals surface area (Å²) in [5, 5.41) is 18.7. The minimum atomic E-state index is 0.0715. The van der Waals surface area contributed by atoms with Gasteiger partial charge < -0.3 is 15.0 Å². The first kappa shape index (κ1) is 11.8. The highest BCUT2D eigenvalue weighted by atomic mass is 16.3. The van der Waals surface area contributed by atoms with Crippen molar-refractivity contribution in [3.05, 3.63) is 48.5 Å². The number of aromatic hydroxyl groups is 2. The summed E-state index contributed by atoms with van der Waals surface area (Å²) in [5.74, 6) is 0.165. The fourth-order valence-electron chi connectivity index (χ4n) is 1.38. The molecule has 0 fully saturated rings. The molecule has 0 atom stereocenters. The molecule has 0 radical (unpaired) electrons. The summed E-state index contributed by atoms with van der Waals surface area (Å²) in [4.78, 5) is 8.00. The number of phenols is 2. The van der Waals surface area contributed by atoms with Gasteiger partial charge in [-0.1, -0.05) is 30.3 Å². The fraction of sp³-hybridized carbons (Fsp3) is 0. The summed E-state index contributed by atoms with van der Waals surface area (Å²) in [6, 6.07) is 14.1. The van der Waals surface area contributed by atoms with Crippen LogP contribution in [0.3, 0.4) is 0 Å². The SMILES string of the molecule is C=O.Oc1ccc(-c2ccccc2)c(O)c1. The number of carbonyl (C=O) groups excluding carboxylic acids is 1. The Bertz CT molecular complexity index is 452. The number of hydrogen-bond acceptors (Lipinski definition) is 3. The largest absolute Gasteiger partial charge is 0.508 e. The lowest BCUT2D eigenvalue weighted by molar-refractivity contribution is -0.0979. The van der Waals surface area contributed by atoms with Crippen LogP contribution in [0.15, 0.2) is 48.5 Å². The average molecular weight is 216 g/mol. The maximum absolute atomic E-state index is 9.58. The van der Waals surface area contributed by atoms with Crippen LogP contribution in [0.25, 0.3) is 11.1 Å². The molecule has 0 bridgehead atoms. The Morgan fingerprint density at radius 2 is 1.50 bits per heavy atom. The van der Waals surface area contributed by atoms with Crippen molar-refractivity contribution in [3.8, 4) is 22.6 Å². The Morgan fingerprint density at radius 3 is 2.06 bits per heavy atom. The zero-order valence-corrected chi connectivity index (χ0v) is 8.63. The highest BCUT2D eigenvalue weighted by molar-refractivity contribution is 5.70. The minimum absolute atomic E-state index is 0.0715. The van der Waals surface area contributed by atoms with Crippen molar-refractivity contribution in [1.29, 1.82) is 0 Å². The zero-order chi connectivity index (χ0) is 12.0. The second-order valence-corrected chi connectivity index (χ2v) is 3.07. The van der Waals surface area contributed by atoms with Crippen LogP contribution in [-0.4, -0.2) is 17.0 Å². The summed E-state index contributed by atoms with van der Waals surface area (Å²) in [6.45, 7) is 2.00. The monoisotopic (exact) mass is 216 g/mol. The van der Waals surface area contributed by atoms with Gasteiger partial charge in [0.05, 0.1) is 0 Å². The molecule has 3 nitrogen and oxygen atoms in total. The highest BCUT2D eigenvalue weighted by Crippen LogP contribution is 2.31. The number of hydrogen-bond donors (Lipinski definition) is 2. The molecule has 2 rings (SSSR count). The molecule has 16 heavy (non-hydrogen) atoms. The molecule has 0 saturated carbocycles. The van der Waals surface area contributed by atoms with Crippen LogP contribution >= 0.6 is 0 Å². The van der Waals surface area contributed by atoms with Crippen LogP contribution < -0.4 is 0 Å². The first-order valence-corrected chi connectivity index (χ1v) is 4.63. The van der Waals surface area contributed by atoms with Gasteiger partial charge in [-0.25, -0.2) is 0 Å². The summed E-state index contributed by atoms with van der Waals surface area (Å²) >= 11 is 0. The third-order valence-corrected chi connectivity index (χ3v) is 2.07. The van der Waals surface area contributed by atoms with E-state index in [1.165, 1.54) is 6.07 Å². The van der Waals surface area contributed by atoms with Gasteiger partial charge in [-0.3, -0.25) is 0 Å². The van der Waals surface area contributed by atoms with E-state index >= 15 is 0 Å². The van der Waals surface area contributed by atoms with Crippen LogP contribution in [0.4, 0.5) is 0 Å². The van der Waals surface area contributed by atoms with Gasteiger partial charge in [-0.2, -0.15) is 0 Å². The van der Waals surface area contributed by atoms with Crippen molar-refractivity contribution in [1.82, 2.24) is 0 Å². The Kier molecular flexibility index (Phi) is 4.09. The quantitative estimate of drug-likeness (QED) is 0.770. The van der Waals surface area contributed by atoms with Crippen molar-refractivity contribution < 1.29 is 15.0 Å². The van der Waals surface area contributed by atoms with Gasteiger partial charge >= 0.3 is 0 Å². The molecular formula is C13H12O3. The molecule has 2 aromatic rings. The smallest absolute Gasteiger partial charge is 0.127 e. The molecule has 0 aliphatic heterocycles. The summed E-state index contributed by atoms with van der Waals surface area (Å²) < 4.78 is 0. The van der Waals surface area contributed by atoms with Crippen LogP contribution in [0.2, 0.25) is 0 Å². The Labute approximate surface area is 93.6 Å². The number of benzene rings is 2. The van der Waals surface area contributed by atoms with Crippen molar-refractivity contribution in [2.45, 2.75) is 0 Å².